The fourth-order valence-corrected chi connectivity index (χ4v) is 0.989. The van der Waals surface area contributed by atoms with Crippen LogP contribution in [0.1, 0.15) is 6.92 Å². The van der Waals surface area contributed by atoms with Gasteiger partial charge in [-0.15, -0.1) is 0 Å². The fourth-order valence-electron chi connectivity index (χ4n) is 0.849. The molecule has 0 aliphatic rings. The Morgan fingerprint density at radius 1 is 1.58 bits per heavy atom. The van der Waals surface area contributed by atoms with Crippen LogP contribution in [-0.4, -0.2) is 9.97 Å². The summed E-state index contributed by atoms with van der Waals surface area (Å²) in [7, 11) is 0. The molecule has 3 heteroatoms. The Bertz CT molecular complexity index is 395. The van der Waals surface area contributed by atoms with Gasteiger partial charge in [0.15, 0.2) is 0 Å². The van der Waals surface area contributed by atoms with E-state index in [0.717, 1.165) is 10.6 Å². The Balaban J connectivity index is 3.53. The van der Waals surface area contributed by atoms with Crippen molar-refractivity contribution < 1.29 is 0 Å². The van der Waals surface area contributed by atoms with Gasteiger partial charge in [-0.1, -0.05) is 18.7 Å². The normalized spacial score (nSPS) is 13.5. The first-order valence-electron chi connectivity index (χ1n) is 3.55. The molecule has 0 N–H and O–H groups in total. The van der Waals surface area contributed by atoms with Gasteiger partial charge in [-0.25, -0.2) is 9.97 Å². The SMILES string of the molecule is C=C/C=c1/nc(Cl)nc/c1=C/C. The highest BCUT2D eigenvalue weighted by molar-refractivity contribution is 6.28. The second-order valence-corrected chi connectivity index (χ2v) is 2.51. The summed E-state index contributed by atoms with van der Waals surface area (Å²) in [6, 6.07) is 0. The molecule has 0 atom stereocenters. The number of aromatic nitrogens is 2. The number of halogens is 1. The lowest BCUT2D eigenvalue weighted by Gasteiger charge is -1.88. The second kappa shape index (κ2) is 4.02. The van der Waals surface area contributed by atoms with E-state index < -0.39 is 0 Å². The van der Waals surface area contributed by atoms with Crippen LogP contribution in [0, 0.1) is 0 Å². The monoisotopic (exact) mass is 180 g/mol. The van der Waals surface area contributed by atoms with Crippen molar-refractivity contribution in [2.75, 3.05) is 0 Å². The highest BCUT2D eigenvalue weighted by atomic mass is 35.5. The topological polar surface area (TPSA) is 25.8 Å². The molecule has 1 aromatic rings. The Morgan fingerprint density at radius 2 is 2.33 bits per heavy atom. The highest BCUT2D eigenvalue weighted by Crippen LogP contribution is 1.88. The molecule has 0 saturated carbocycles. The summed E-state index contributed by atoms with van der Waals surface area (Å²) in [5, 5.41) is 2.01. The first-order chi connectivity index (χ1) is 5.77. The van der Waals surface area contributed by atoms with E-state index in [9.17, 15) is 0 Å². The number of hydrogen-bond donors (Lipinski definition) is 0. The van der Waals surface area contributed by atoms with Gasteiger partial charge >= 0.3 is 0 Å². The average molecular weight is 181 g/mol. The van der Waals surface area contributed by atoms with Gasteiger partial charge in [-0.2, -0.15) is 0 Å². The molecular formula is C9H9ClN2. The zero-order valence-electron chi connectivity index (χ0n) is 6.79. The van der Waals surface area contributed by atoms with E-state index in [1.807, 2.05) is 13.0 Å². The number of allylic oxidation sites excluding steroid dienone is 1. The molecule has 0 unspecified atom stereocenters. The van der Waals surface area contributed by atoms with Crippen LogP contribution in [0.4, 0.5) is 0 Å². The van der Waals surface area contributed by atoms with E-state index in [4.69, 9.17) is 11.6 Å². The van der Waals surface area contributed by atoms with Crippen LogP contribution in [-0.2, 0) is 0 Å². The number of rotatable bonds is 1. The van der Waals surface area contributed by atoms with Crippen LogP contribution in [0.2, 0.25) is 5.28 Å². The largest absolute Gasteiger partial charge is 0.226 e. The summed E-state index contributed by atoms with van der Waals surface area (Å²) < 4.78 is 0. The summed E-state index contributed by atoms with van der Waals surface area (Å²) in [6.45, 7) is 5.51. The van der Waals surface area contributed by atoms with Crippen molar-refractivity contribution in [3.63, 3.8) is 0 Å². The molecule has 1 rings (SSSR count). The molecule has 0 aliphatic heterocycles. The van der Waals surface area contributed by atoms with Crippen molar-refractivity contribution in [3.8, 4) is 0 Å². The molecule has 62 valence electrons. The van der Waals surface area contributed by atoms with Gasteiger partial charge in [0.1, 0.15) is 0 Å². The third kappa shape index (κ3) is 1.92. The summed E-state index contributed by atoms with van der Waals surface area (Å²) in [4.78, 5) is 7.89. The molecular weight excluding hydrogens is 172 g/mol. The lowest BCUT2D eigenvalue weighted by molar-refractivity contribution is 1.10. The molecule has 2 nitrogen and oxygen atoms in total. The Labute approximate surface area is 75.9 Å². The minimum Gasteiger partial charge on any atom is -0.226 e. The van der Waals surface area contributed by atoms with E-state index in [-0.39, 0.29) is 5.28 Å². The zero-order valence-corrected chi connectivity index (χ0v) is 7.54. The smallest absolute Gasteiger partial charge is 0.222 e. The van der Waals surface area contributed by atoms with E-state index in [0.29, 0.717) is 0 Å². The van der Waals surface area contributed by atoms with E-state index >= 15 is 0 Å². The molecule has 0 aliphatic carbocycles. The van der Waals surface area contributed by atoms with Crippen molar-refractivity contribution >= 4 is 23.8 Å². The lowest BCUT2D eigenvalue weighted by atomic mass is 10.3. The second-order valence-electron chi connectivity index (χ2n) is 2.17. The molecule has 0 aromatic carbocycles. The van der Waals surface area contributed by atoms with Gasteiger partial charge in [0.25, 0.3) is 0 Å². The van der Waals surface area contributed by atoms with Crippen LogP contribution in [0.5, 0.6) is 0 Å². The third-order valence-electron chi connectivity index (χ3n) is 1.41. The Kier molecular flexibility index (Phi) is 3.00. The van der Waals surface area contributed by atoms with Crippen molar-refractivity contribution in [3.05, 3.63) is 34.7 Å². The molecule has 0 bridgehead atoms. The maximum atomic E-state index is 5.62. The summed E-state index contributed by atoms with van der Waals surface area (Å²) in [5.74, 6) is 0. The standard InChI is InChI=1S/C9H9ClN2/c1-3-5-8-7(4-2)6-11-9(10)12-8/h3-6H,1H2,2H3/b7-4-,8-5+. The molecule has 12 heavy (non-hydrogen) atoms. The summed E-state index contributed by atoms with van der Waals surface area (Å²) >= 11 is 5.62. The highest BCUT2D eigenvalue weighted by Gasteiger charge is 1.89. The quantitative estimate of drug-likeness (QED) is 0.601. The number of nitrogens with zero attached hydrogens (tertiary/aromatic N) is 2. The van der Waals surface area contributed by atoms with Crippen molar-refractivity contribution in [2.45, 2.75) is 6.92 Å². The maximum absolute atomic E-state index is 5.62. The summed E-state index contributed by atoms with van der Waals surface area (Å²) in [5.41, 5.74) is 0. The van der Waals surface area contributed by atoms with Crippen LogP contribution in [0.15, 0.2) is 18.9 Å². The van der Waals surface area contributed by atoms with Gasteiger partial charge in [-0.05, 0) is 24.6 Å². The molecule has 1 aromatic heterocycles. The fraction of sp³-hybridized carbons (Fsp3) is 0.111. The van der Waals surface area contributed by atoms with Crippen LogP contribution in [0.3, 0.4) is 0 Å². The molecule has 0 saturated heterocycles. The molecule has 0 amide bonds. The van der Waals surface area contributed by atoms with Gasteiger partial charge in [0.05, 0.1) is 5.35 Å². The minimum atomic E-state index is 0.258. The first kappa shape index (κ1) is 8.94. The van der Waals surface area contributed by atoms with Crippen LogP contribution in [0.25, 0.3) is 12.2 Å². The molecule has 0 fully saturated rings. The molecule has 1 heterocycles. The lowest BCUT2D eigenvalue weighted by Crippen LogP contribution is -2.28. The third-order valence-corrected chi connectivity index (χ3v) is 1.59. The van der Waals surface area contributed by atoms with Crippen LogP contribution >= 0.6 is 11.6 Å². The van der Waals surface area contributed by atoms with E-state index in [2.05, 4.69) is 16.5 Å². The molecule has 0 spiro atoms. The van der Waals surface area contributed by atoms with Crippen LogP contribution < -0.4 is 10.6 Å². The predicted molar refractivity (Wildman–Crippen MR) is 51.1 cm³/mol. The van der Waals surface area contributed by atoms with Gasteiger partial charge < -0.3 is 0 Å². The average Bonchev–Trinajstić information content (AvgIpc) is 2.05. The zero-order chi connectivity index (χ0) is 8.97. The summed E-state index contributed by atoms with van der Waals surface area (Å²) in [6.07, 6.45) is 7.07. The van der Waals surface area contributed by atoms with E-state index in [1.54, 1.807) is 18.3 Å². The van der Waals surface area contributed by atoms with E-state index in [1.165, 1.54) is 0 Å². The van der Waals surface area contributed by atoms with Gasteiger partial charge in [0.2, 0.25) is 5.28 Å². The van der Waals surface area contributed by atoms with Gasteiger partial charge in [-0.3, -0.25) is 0 Å². The van der Waals surface area contributed by atoms with Gasteiger partial charge in [0, 0.05) is 11.4 Å². The minimum absolute atomic E-state index is 0.258. The maximum Gasteiger partial charge on any atom is 0.222 e. The Morgan fingerprint density at radius 3 is 2.92 bits per heavy atom. The predicted octanol–water partition coefficient (Wildman–Crippen LogP) is 0.897. The number of hydrogen-bond acceptors (Lipinski definition) is 2. The molecule has 0 radical (unpaired) electrons. The van der Waals surface area contributed by atoms with Crippen molar-refractivity contribution in [1.82, 2.24) is 9.97 Å². The first-order valence-corrected chi connectivity index (χ1v) is 3.93. The van der Waals surface area contributed by atoms with Crippen molar-refractivity contribution in [2.24, 2.45) is 0 Å². The van der Waals surface area contributed by atoms with Crippen molar-refractivity contribution in [1.29, 1.82) is 0 Å². The Hall–Kier alpha value is -1.15.